The summed E-state index contributed by atoms with van der Waals surface area (Å²) in [6, 6.07) is 4.59. The molecule has 1 aliphatic rings. The van der Waals surface area contributed by atoms with Gasteiger partial charge in [-0.05, 0) is 24.6 Å². The molecule has 1 saturated heterocycles. The van der Waals surface area contributed by atoms with Gasteiger partial charge < -0.3 is 14.7 Å². The summed E-state index contributed by atoms with van der Waals surface area (Å²) in [5, 5.41) is 9.01. The number of aryl methyl sites for hydroxylation is 1. The summed E-state index contributed by atoms with van der Waals surface area (Å²) < 4.78 is 4.65. The highest BCUT2D eigenvalue weighted by molar-refractivity contribution is 6.01. The molecule has 1 fully saturated rings. The number of hydrogen-bond acceptors (Lipinski definition) is 4. The van der Waals surface area contributed by atoms with E-state index >= 15 is 0 Å². The predicted molar refractivity (Wildman–Crippen MR) is 70.6 cm³/mol. The minimum Gasteiger partial charge on any atom is -0.478 e. The van der Waals surface area contributed by atoms with E-state index in [0.717, 1.165) is 5.56 Å². The molecule has 0 radical (unpaired) electrons. The third kappa shape index (κ3) is 2.49. The molecule has 0 bridgehead atoms. The standard InChI is InChI=1S/C14H15NO5/c1-8-3-4-9(13(17)18)5-11(8)15-7-10(6-12(15)16)14(19)20-2/h3-5,10H,6-7H2,1-2H3,(H,17,18). The van der Waals surface area contributed by atoms with E-state index in [0.29, 0.717) is 5.69 Å². The average molecular weight is 277 g/mol. The van der Waals surface area contributed by atoms with E-state index in [1.165, 1.54) is 24.1 Å². The van der Waals surface area contributed by atoms with Crippen molar-refractivity contribution in [2.24, 2.45) is 5.92 Å². The molecule has 1 atom stereocenters. The van der Waals surface area contributed by atoms with Gasteiger partial charge in [-0.1, -0.05) is 6.07 Å². The van der Waals surface area contributed by atoms with Crippen molar-refractivity contribution in [2.75, 3.05) is 18.6 Å². The Morgan fingerprint density at radius 1 is 1.40 bits per heavy atom. The number of anilines is 1. The smallest absolute Gasteiger partial charge is 0.335 e. The number of rotatable bonds is 3. The SMILES string of the molecule is COC(=O)C1CC(=O)N(c2cc(C(=O)O)ccc2C)C1. The van der Waals surface area contributed by atoms with Gasteiger partial charge >= 0.3 is 11.9 Å². The Hall–Kier alpha value is -2.37. The average Bonchev–Trinajstić information content (AvgIpc) is 2.80. The summed E-state index contributed by atoms with van der Waals surface area (Å²) in [6.07, 6.45) is 0.0867. The lowest BCUT2D eigenvalue weighted by molar-refractivity contribution is -0.145. The zero-order chi connectivity index (χ0) is 14.9. The molecule has 6 heteroatoms. The molecule has 6 nitrogen and oxygen atoms in total. The Morgan fingerprint density at radius 3 is 2.70 bits per heavy atom. The van der Waals surface area contributed by atoms with Crippen LogP contribution in [0.1, 0.15) is 22.3 Å². The fourth-order valence-corrected chi connectivity index (χ4v) is 2.30. The van der Waals surface area contributed by atoms with Crippen molar-refractivity contribution >= 4 is 23.5 Å². The van der Waals surface area contributed by atoms with E-state index in [1.54, 1.807) is 13.0 Å². The second kappa shape index (κ2) is 5.32. The topological polar surface area (TPSA) is 83.9 Å². The maximum absolute atomic E-state index is 12.0. The van der Waals surface area contributed by atoms with Crippen LogP contribution in [0.3, 0.4) is 0 Å². The second-order valence-electron chi connectivity index (χ2n) is 4.73. The fraction of sp³-hybridized carbons (Fsp3) is 0.357. The molecule has 106 valence electrons. The molecule has 1 amide bonds. The van der Waals surface area contributed by atoms with E-state index < -0.39 is 17.9 Å². The number of carbonyl (C=O) groups excluding carboxylic acids is 2. The maximum Gasteiger partial charge on any atom is 0.335 e. The molecular formula is C14H15NO5. The molecule has 0 aromatic heterocycles. The Bertz CT molecular complexity index is 581. The number of ether oxygens (including phenoxy) is 1. The van der Waals surface area contributed by atoms with Gasteiger partial charge in [0.2, 0.25) is 5.91 Å². The Labute approximate surface area is 115 Å². The van der Waals surface area contributed by atoms with Crippen LogP contribution in [0, 0.1) is 12.8 Å². The molecule has 0 saturated carbocycles. The number of carboxylic acids is 1. The summed E-state index contributed by atoms with van der Waals surface area (Å²) in [6.45, 7) is 2.01. The van der Waals surface area contributed by atoms with E-state index in [9.17, 15) is 14.4 Å². The van der Waals surface area contributed by atoms with Crippen LogP contribution < -0.4 is 4.90 Å². The fourth-order valence-electron chi connectivity index (χ4n) is 2.30. The van der Waals surface area contributed by atoms with Crippen molar-refractivity contribution in [3.05, 3.63) is 29.3 Å². The number of methoxy groups -OCH3 is 1. The summed E-state index contributed by atoms with van der Waals surface area (Å²) in [5.74, 6) is -2.18. The summed E-state index contributed by atoms with van der Waals surface area (Å²) in [5.41, 5.74) is 1.43. The molecule has 2 rings (SSSR count). The summed E-state index contributed by atoms with van der Waals surface area (Å²) in [7, 11) is 1.28. The Morgan fingerprint density at radius 2 is 2.10 bits per heavy atom. The first-order chi connectivity index (χ1) is 9.43. The summed E-state index contributed by atoms with van der Waals surface area (Å²) in [4.78, 5) is 36.0. The second-order valence-corrected chi connectivity index (χ2v) is 4.73. The van der Waals surface area contributed by atoms with Gasteiger partial charge in [-0.15, -0.1) is 0 Å². The van der Waals surface area contributed by atoms with Crippen LogP contribution in [-0.2, 0) is 14.3 Å². The van der Waals surface area contributed by atoms with Crippen molar-refractivity contribution in [3.63, 3.8) is 0 Å². The minimum atomic E-state index is -1.05. The minimum absolute atomic E-state index is 0.0867. The lowest BCUT2D eigenvalue weighted by Gasteiger charge is -2.19. The lowest BCUT2D eigenvalue weighted by Crippen LogP contribution is -2.27. The Balaban J connectivity index is 2.32. The molecule has 1 N–H and O–H groups in total. The van der Waals surface area contributed by atoms with Crippen molar-refractivity contribution in [1.29, 1.82) is 0 Å². The van der Waals surface area contributed by atoms with Crippen LogP contribution in [-0.4, -0.2) is 36.6 Å². The van der Waals surface area contributed by atoms with Crippen LogP contribution in [0.4, 0.5) is 5.69 Å². The number of aromatic carboxylic acids is 1. The number of nitrogens with zero attached hydrogens (tertiary/aromatic N) is 1. The Kier molecular flexibility index (Phi) is 3.74. The molecule has 1 aliphatic heterocycles. The number of carbonyl (C=O) groups is 3. The normalized spacial score (nSPS) is 18.2. The first-order valence-corrected chi connectivity index (χ1v) is 6.16. The van der Waals surface area contributed by atoms with Gasteiger partial charge in [0.1, 0.15) is 0 Å². The van der Waals surface area contributed by atoms with E-state index in [-0.39, 0.29) is 24.4 Å². The highest BCUT2D eigenvalue weighted by Crippen LogP contribution is 2.29. The van der Waals surface area contributed by atoms with Gasteiger partial charge in [-0.2, -0.15) is 0 Å². The van der Waals surface area contributed by atoms with Crippen LogP contribution in [0.2, 0.25) is 0 Å². The largest absolute Gasteiger partial charge is 0.478 e. The lowest BCUT2D eigenvalue weighted by atomic mass is 10.1. The number of amides is 1. The van der Waals surface area contributed by atoms with Crippen LogP contribution in [0.25, 0.3) is 0 Å². The summed E-state index contributed by atoms with van der Waals surface area (Å²) >= 11 is 0. The van der Waals surface area contributed by atoms with Gasteiger partial charge in [0, 0.05) is 18.7 Å². The molecule has 0 aliphatic carbocycles. The predicted octanol–water partition coefficient (Wildman–Crippen LogP) is 1.22. The van der Waals surface area contributed by atoms with E-state index in [1.807, 2.05) is 0 Å². The van der Waals surface area contributed by atoms with Gasteiger partial charge in [-0.3, -0.25) is 9.59 Å². The molecule has 1 unspecified atom stereocenters. The van der Waals surface area contributed by atoms with Gasteiger partial charge in [0.05, 0.1) is 18.6 Å². The van der Waals surface area contributed by atoms with Crippen molar-refractivity contribution in [2.45, 2.75) is 13.3 Å². The molecule has 1 aromatic rings. The van der Waals surface area contributed by atoms with Crippen LogP contribution >= 0.6 is 0 Å². The van der Waals surface area contributed by atoms with Gasteiger partial charge in [0.25, 0.3) is 0 Å². The zero-order valence-corrected chi connectivity index (χ0v) is 11.3. The van der Waals surface area contributed by atoms with E-state index in [4.69, 9.17) is 5.11 Å². The molecule has 0 spiro atoms. The molecule has 20 heavy (non-hydrogen) atoms. The third-order valence-electron chi connectivity index (χ3n) is 3.41. The van der Waals surface area contributed by atoms with Gasteiger partial charge in [-0.25, -0.2) is 4.79 Å². The van der Waals surface area contributed by atoms with Crippen molar-refractivity contribution < 1.29 is 24.2 Å². The number of benzene rings is 1. The molecular weight excluding hydrogens is 262 g/mol. The molecule has 1 heterocycles. The number of hydrogen-bond donors (Lipinski definition) is 1. The molecule has 1 aromatic carbocycles. The first-order valence-electron chi connectivity index (χ1n) is 6.16. The first kappa shape index (κ1) is 14.0. The third-order valence-corrected chi connectivity index (χ3v) is 3.41. The number of carboxylic acid groups (broad SMARTS) is 1. The zero-order valence-electron chi connectivity index (χ0n) is 11.3. The highest BCUT2D eigenvalue weighted by atomic mass is 16.5. The van der Waals surface area contributed by atoms with E-state index in [2.05, 4.69) is 4.74 Å². The van der Waals surface area contributed by atoms with Crippen LogP contribution in [0.15, 0.2) is 18.2 Å². The maximum atomic E-state index is 12.0. The highest BCUT2D eigenvalue weighted by Gasteiger charge is 2.36. The quantitative estimate of drug-likeness (QED) is 0.840. The number of esters is 1. The van der Waals surface area contributed by atoms with Gasteiger partial charge in [0.15, 0.2) is 0 Å². The van der Waals surface area contributed by atoms with Crippen molar-refractivity contribution in [1.82, 2.24) is 0 Å². The van der Waals surface area contributed by atoms with Crippen molar-refractivity contribution in [3.8, 4) is 0 Å². The van der Waals surface area contributed by atoms with Crippen LogP contribution in [0.5, 0.6) is 0 Å². The monoisotopic (exact) mass is 277 g/mol.